The summed E-state index contributed by atoms with van der Waals surface area (Å²) in [7, 11) is -5.13. The summed E-state index contributed by atoms with van der Waals surface area (Å²) in [5, 5.41) is 50.1. The molecule has 0 aromatic rings. The molecule has 0 aromatic carbocycles. The maximum atomic E-state index is 12.8. The first kappa shape index (κ1) is 54.3. The second-order valence-electron chi connectivity index (χ2n) is 14.8. The number of esters is 2. The molecule has 0 saturated heterocycles. The maximum Gasteiger partial charge on any atom is 0.472 e. The van der Waals surface area contributed by atoms with Crippen molar-refractivity contribution in [3.8, 4) is 0 Å². The van der Waals surface area contributed by atoms with Crippen LogP contribution >= 0.6 is 7.82 Å². The van der Waals surface area contributed by atoms with Crippen molar-refractivity contribution in [1.29, 1.82) is 0 Å². The number of hydrogen-bond donors (Lipinski definition) is 6. The number of carbonyl (C=O) groups excluding carboxylic acids is 2. The predicted octanol–water partition coefficient (Wildman–Crippen LogP) is 7.94. The van der Waals surface area contributed by atoms with Crippen LogP contribution in [-0.2, 0) is 32.7 Å². The zero-order valence-corrected chi connectivity index (χ0v) is 36.4. The van der Waals surface area contributed by atoms with Crippen LogP contribution in [0.1, 0.15) is 142 Å². The summed E-state index contributed by atoms with van der Waals surface area (Å²) >= 11 is 0. The molecule has 0 aliphatic heterocycles. The molecule has 1 aliphatic carbocycles. The monoisotopic (exact) mass is 854 g/mol. The first-order valence-electron chi connectivity index (χ1n) is 21.7. The summed E-state index contributed by atoms with van der Waals surface area (Å²) in [5.74, 6) is -1.17. The Bertz CT molecular complexity index is 1310. The van der Waals surface area contributed by atoms with Gasteiger partial charge in [-0.15, -0.1) is 0 Å². The van der Waals surface area contributed by atoms with Crippen molar-refractivity contribution in [2.75, 3.05) is 13.2 Å². The number of ether oxygens (including phenoxy) is 2. The van der Waals surface area contributed by atoms with Crippen molar-refractivity contribution in [1.82, 2.24) is 0 Å². The van der Waals surface area contributed by atoms with Crippen molar-refractivity contribution in [3.05, 3.63) is 72.9 Å². The van der Waals surface area contributed by atoms with E-state index in [2.05, 4.69) is 80.7 Å². The Kier molecular flexibility index (Phi) is 32.2. The highest BCUT2D eigenvalue weighted by atomic mass is 31.2. The van der Waals surface area contributed by atoms with E-state index in [1.165, 1.54) is 19.3 Å². The molecule has 338 valence electrons. The number of carbonyl (C=O) groups is 2. The van der Waals surface area contributed by atoms with Crippen molar-refractivity contribution in [2.45, 2.75) is 185 Å². The van der Waals surface area contributed by atoms with Gasteiger partial charge in [0.25, 0.3) is 0 Å². The van der Waals surface area contributed by atoms with Crippen LogP contribution in [0.5, 0.6) is 0 Å². The molecule has 14 heteroatoms. The highest BCUT2D eigenvalue weighted by Gasteiger charge is 2.51. The van der Waals surface area contributed by atoms with Crippen molar-refractivity contribution in [3.63, 3.8) is 0 Å². The molecule has 0 radical (unpaired) electrons. The van der Waals surface area contributed by atoms with Crippen molar-refractivity contribution in [2.24, 2.45) is 0 Å². The highest BCUT2D eigenvalue weighted by Crippen LogP contribution is 2.47. The Morgan fingerprint density at radius 2 is 0.966 bits per heavy atom. The average Bonchev–Trinajstić information content (AvgIpc) is 3.21. The molecule has 8 atom stereocenters. The van der Waals surface area contributed by atoms with E-state index in [1.807, 2.05) is 6.08 Å². The van der Waals surface area contributed by atoms with Crippen LogP contribution in [0.25, 0.3) is 0 Å². The minimum atomic E-state index is -5.13. The van der Waals surface area contributed by atoms with Gasteiger partial charge in [0.15, 0.2) is 6.10 Å². The first-order chi connectivity index (χ1) is 28.4. The second-order valence-corrected chi connectivity index (χ2v) is 16.2. The number of aliphatic hydroxyl groups excluding tert-OH is 5. The van der Waals surface area contributed by atoms with Gasteiger partial charge in [0, 0.05) is 12.8 Å². The number of phosphoric acid groups is 1. The Morgan fingerprint density at radius 1 is 0.542 bits per heavy atom. The van der Waals surface area contributed by atoms with Crippen LogP contribution < -0.4 is 0 Å². The normalized spacial score (nSPS) is 23.1. The van der Waals surface area contributed by atoms with Crippen LogP contribution in [0.15, 0.2) is 72.9 Å². The van der Waals surface area contributed by atoms with Gasteiger partial charge in [0.1, 0.15) is 43.2 Å². The largest absolute Gasteiger partial charge is 0.472 e. The Hall–Kier alpha value is -2.71. The molecule has 6 N–H and O–H groups in total. The van der Waals surface area contributed by atoms with E-state index in [1.54, 1.807) is 0 Å². The van der Waals surface area contributed by atoms with Crippen molar-refractivity contribution < 1.29 is 63.1 Å². The molecule has 0 heterocycles. The first-order valence-corrected chi connectivity index (χ1v) is 23.2. The zero-order valence-electron chi connectivity index (χ0n) is 35.5. The minimum Gasteiger partial charge on any atom is -0.462 e. The molecule has 1 aliphatic rings. The summed E-state index contributed by atoms with van der Waals surface area (Å²) < 4.78 is 33.4. The van der Waals surface area contributed by atoms with E-state index < -0.39 is 75.7 Å². The number of aliphatic hydroxyl groups is 5. The number of rotatable bonds is 34. The van der Waals surface area contributed by atoms with E-state index in [0.717, 1.165) is 77.0 Å². The fourth-order valence-corrected chi connectivity index (χ4v) is 6.98. The number of hydrogen-bond acceptors (Lipinski definition) is 12. The maximum absolute atomic E-state index is 12.8. The van der Waals surface area contributed by atoms with Gasteiger partial charge in [0.2, 0.25) is 0 Å². The topological polar surface area (TPSA) is 210 Å². The Labute approximate surface area is 353 Å². The number of phosphoric ester groups is 1. The van der Waals surface area contributed by atoms with Gasteiger partial charge in [-0.05, 0) is 83.5 Å². The third-order valence-electron chi connectivity index (χ3n) is 9.53. The molecule has 13 nitrogen and oxygen atoms in total. The van der Waals surface area contributed by atoms with Gasteiger partial charge >= 0.3 is 19.8 Å². The summed E-state index contributed by atoms with van der Waals surface area (Å²) in [6.07, 6.45) is 29.6. The summed E-state index contributed by atoms with van der Waals surface area (Å²) in [5.41, 5.74) is 0. The van der Waals surface area contributed by atoms with Gasteiger partial charge < -0.3 is 39.9 Å². The smallest absolute Gasteiger partial charge is 0.462 e. The van der Waals surface area contributed by atoms with Gasteiger partial charge in [-0.25, -0.2) is 4.57 Å². The molecule has 0 bridgehead atoms. The lowest BCUT2D eigenvalue weighted by molar-refractivity contribution is -0.220. The molecule has 1 saturated carbocycles. The Morgan fingerprint density at radius 3 is 1.51 bits per heavy atom. The molecular formula is C45H75O13P. The van der Waals surface area contributed by atoms with E-state index in [4.69, 9.17) is 18.5 Å². The molecular weight excluding hydrogens is 779 g/mol. The van der Waals surface area contributed by atoms with Gasteiger partial charge in [-0.1, -0.05) is 119 Å². The van der Waals surface area contributed by atoms with Gasteiger partial charge in [-0.2, -0.15) is 0 Å². The molecule has 1 fully saturated rings. The molecule has 0 spiro atoms. The average molecular weight is 855 g/mol. The van der Waals surface area contributed by atoms with Crippen LogP contribution in [0.4, 0.5) is 0 Å². The Balaban J connectivity index is 2.54. The fraction of sp³-hybridized carbons (Fsp3) is 0.689. The predicted molar refractivity (Wildman–Crippen MR) is 230 cm³/mol. The number of unbranched alkanes of at least 4 members (excludes halogenated alkanes) is 10. The molecule has 1 rings (SSSR count). The SMILES string of the molecule is CC/C=C/C/C=C/C/C=C/C/C=C/CCCCC(=O)O[C@H](COC(=O)CCCCCCC/C=C/C/C=C/CCCCC)COP(=O)(O)OC1C(O)C(O)C(O)[C@@H](O)C1O. The van der Waals surface area contributed by atoms with Crippen LogP contribution in [0.2, 0.25) is 0 Å². The third kappa shape index (κ3) is 27.7. The zero-order chi connectivity index (χ0) is 43.6. The minimum absolute atomic E-state index is 0.0375. The van der Waals surface area contributed by atoms with E-state index >= 15 is 0 Å². The highest BCUT2D eigenvalue weighted by molar-refractivity contribution is 7.47. The molecule has 6 unspecified atom stereocenters. The van der Waals surface area contributed by atoms with E-state index in [9.17, 15) is 44.6 Å². The van der Waals surface area contributed by atoms with E-state index in [-0.39, 0.29) is 12.8 Å². The van der Waals surface area contributed by atoms with Crippen molar-refractivity contribution >= 4 is 19.8 Å². The quantitative estimate of drug-likeness (QED) is 0.0157. The van der Waals surface area contributed by atoms with Gasteiger partial charge in [-0.3, -0.25) is 18.6 Å². The van der Waals surface area contributed by atoms with E-state index in [0.29, 0.717) is 19.3 Å². The lowest BCUT2D eigenvalue weighted by Crippen LogP contribution is -2.64. The fourth-order valence-electron chi connectivity index (χ4n) is 6.01. The molecule has 59 heavy (non-hydrogen) atoms. The van der Waals surface area contributed by atoms with Gasteiger partial charge in [0.05, 0.1) is 6.61 Å². The standard InChI is InChI=1S/C45H75O13P/c1-3-5-7-9-11-13-15-17-19-21-23-25-27-29-31-33-38(46)55-35-37(36-56-59(53,54)58-45-43(51)41(49)40(48)42(50)44(45)52)57-39(47)34-32-30-28-26-24-22-20-18-16-14-12-10-8-6-4-2/h6,8,11-14,17-20,24,26,37,40-45,48-52H,3-5,7,9-10,15-16,21-23,25,27-36H2,1-2H3,(H,53,54)/b8-6+,13-11+,14-12+,19-17+,20-18+,26-24+/t37-,40?,41-,42?,43?,44?,45?/m1/s1. The van der Waals surface area contributed by atoms with Crippen LogP contribution in [-0.4, -0.2) is 98.3 Å². The lowest BCUT2D eigenvalue weighted by atomic mass is 9.85. The summed E-state index contributed by atoms with van der Waals surface area (Å²) in [6.45, 7) is 3.09. The summed E-state index contributed by atoms with van der Waals surface area (Å²) in [4.78, 5) is 35.6. The third-order valence-corrected chi connectivity index (χ3v) is 10.5. The number of allylic oxidation sites excluding steroid dienone is 12. The van der Waals surface area contributed by atoms with Crippen LogP contribution in [0, 0.1) is 0 Å². The lowest BCUT2D eigenvalue weighted by Gasteiger charge is -2.41. The summed E-state index contributed by atoms with van der Waals surface area (Å²) in [6, 6.07) is 0. The molecule has 0 aromatic heterocycles. The molecule has 0 amide bonds. The second kappa shape index (κ2) is 34.9. The van der Waals surface area contributed by atoms with Crippen LogP contribution in [0.3, 0.4) is 0 Å².